The quantitative estimate of drug-likeness (QED) is 0.640. The molecule has 0 bridgehead atoms. The highest BCUT2D eigenvalue weighted by atomic mass is 16.7. The van der Waals surface area contributed by atoms with Gasteiger partial charge in [0.25, 0.3) is 5.91 Å². The molecule has 80 valence electrons. The van der Waals surface area contributed by atoms with Crippen LogP contribution in [0.25, 0.3) is 0 Å². The molecule has 0 saturated carbocycles. The number of nitrogens with zero attached hydrogens (tertiary/aromatic N) is 2. The van der Waals surface area contributed by atoms with Crippen LogP contribution in [0.3, 0.4) is 0 Å². The number of hydrogen-bond acceptors (Lipinski definition) is 3. The molecule has 1 atom stereocenters. The van der Waals surface area contributed by atoms with Crippen molar-refractivity contribution in [1.82, 2.24) is 9.96 Å². The van der Waals surface area contributed by atoms with E-state index >= 15 is 0 Å². The number of carbonyl (C=O) groups excluding carboxylic acids is 1. The third-order valence-electron chi connectivity index (χ3n) is 2.39. The maximum absolute atomic E-state index is 11.5. The van der Waals surface area contributed by atoms with Gasteiger partial charge in [-0.25, -0.2) is 9.86 Å². The van der Waals surface area contributed by atoms with Crippen LogP contribution in [0.2, 0.25) is 0 Å². The molecule has 14 heavy (non-hydrogen) atoms. The van der Waals surface area contributed by atoms with Crippen LogP contribution in [-0.2, 0) is 9.63 Å². The summed E-state index contributed by atoms with van der Waals surface area (Å²) in [6.07, 6.45) is -0.404. The van der Waals surface area contributed by atoms with Gasteiger partial charge >= 0.3 is 6.09 Å². The second-order valence-corrected chi connectivity index (χ2v) is 3.23. The Balaban J connectivity index is 2.49. The molecule has 0 aromatic heterocycles. The molecular formula is C8H14N2O4. The van der Waals surface area contributed by atoms with E-state index < -0.39 is 6.09 Å². The van der Waals surface area contributed by atoms with E-state index in [0.717, 1.165) is 5.06 Å². The van der Waals surface area contributed by atoms with E-state index in [9.17, 15) is 9.59 Å². The maximum Gasteiger partial charge on any atom is 0.407 e. The third-order valence-corrected chi connectivity index (χ3v) is 2.39. The first kappa shape index (κ1) is 10.8. The van der Waals surface area contributed by atoms with Crippen molar-refractivity contribution in [2.75, 3.05) is 27.2 Å². The summed E-state index contributed by atoms with van der Waals surface area (Å²) in [5.41, 5.74) is 0. The van der Waals surface area contributed by atoms with Crippen LogP contribution in [0.1, 0.15) is 6.42 Å². The Morgan fingerprint density at radius 3 is 2.64 bits per heavy atom. The van der Waals surface area contributed by atoms with Crippen molar-refractivity contribution >= 4 is 12.0 Å². The number of likely N-dealkylation sites (tertiary alicyclic amines) is 1. The fourth-order valence-electron chi connectivity index (χ4n) is 1.48. The number of carboxylic acid groups (broad SMARTS) is 1. The normalized spacial score (nSPS) is 21.0. The molecule has 1 rings (SSSR count). The summed E-state index contributed by atoms with van der Waals surface area (Å²) in [4.78, 5) is 28.1. The van der Waals surface area contributed by atoms with Gasteiger partial charge in [-0.3, -0.25) is 9.63 Å². The van der Waals surface area contributed by atoms with Crippen molar-refractivity contribution in [1.29, 1.82) is 0 Å². The first-order valence-corrected chi connectivity index (χ1v) is 4.35. The van der Waals surface area contributed by atoms with Gasteiger partial charge in [0.1, 0.15) is 0 Å². The van der Waals surface area contributed by atoms with Crippen LogP contribution in [0.5, 0.6) is 0 Å². The van der Waals surface area contributed by atoms with E-state index in [1.807, 2.05) is 0 Å². The van der Waals surface area contributed by atoms with Gasteiger partial charge in [-0.05, 0) is 6.42 Å². The van der Waals surface area contributed by atoms with Crippen molar-refractivity contribution in [3.63, 3.8) is 0 Å². The molecule has 6 nitrogen and oxygen atoms in total. The fourth-order valence-corrected chi connectivity index (χ4v) is 1.48. The van der Waals surface area contributed by atoms with Gasteiger partial charge in [-0.1, -0.05) is 0 Å². The number of hydrogen-bond donors (Lipinski definition) is 1. The third kappa shape index (κ3) is 2.14. The lowest BCUT2D eigenvalue weighted by Crippen LogP contribution is -2.34. The molecule has 1 heterocycles. The molecule has 1 aliphatic heterocycles. The zero-order valence-corrected chi connectivity index (χ0v) is 8.27. The van der Waals surface area contributed by atoms with Crippen LogP contribution in [0.4, 0.5) is 4.79 Å². The zero-order chi connectivity index (χ0) is 10.7. The molecule has 0 unspecified atom stereocenters. The predicted octanol–water partition coefficient (Wildman–Crippen LogP) is 0.00610. The summed E-state index contributed by atoms with van der Waals surface area (Å²) in [5.74, 6) is -0.438. The SMILES string of the molecule is CON(C)C(=O)[C@H]1CCN(C(=O)O)C1. The van der Waals surface area contributed by atoms with E-state index in [0.29, 0.717) is 13.0 Å². The van der Waals surface area contributed by atoms with Crippen LogP contribution >= 0.6 is 0 Å². The topological polar surface area (TPSA) is 70.1 Å². The summed E-state index contributed by atoms with van der Waals surface area (Å²) in [5, 5.41) is 9.81. The maximum atomic E-state index is 11.5. The van der Waals surface area contributed by atoms with E-state index in [1.54, 1.807) is 0 Å². The molecular weight excluding hydrogens is 188 g/mol. The zero-order valence-electron chi connectivity index (χ0n) is 8.27. The number of carbonyl (C=O) groups is 2. The Morgan fingerprint density at radius 1 is 1.57 bits per heavy atom. The van der Waals surface area contributed by atoms with Gasteiger partial charge in [-0.2, -0.15) is 0 Å². The molecule has 0 aromatic rings. The predicted molar refractivity (Wildman–Crippen MR) is 47.5 cm³/mol. The molecule has 1 fully saturated rings. The minimum Gasteiger partial charge on any atom is -0.465 e. The molecule has 0 radical (unpaired) electrons. The summed E-state index contributed by atoms with van der Waals surface area (Å²) in [6, 6.07) is 0. The van der Waals surface area contributed by atoms with Gasteiger partial charge < -0.3 is 10.0 Å². The molecule has 0 aliphatic carbocycles. The molecule has 1 N–H and O–H groups in total. The van der Waals surface area contributed by atoms with Crippen LogP contribution in [-0.4, -0.2) is 54.3 Å². The average Bonchev–Trinajstić information content (AvgIpc) is 2.64. The number of amides is 2. The first-order chi connectivity index (χ1) is 6.56. The van der Waals surface area contributed by atoms with E-state index in [4.69, 9.17) is 9.94 Å². The summed E-state index contributed by atoms with van der Waals surface area (Å²) in [6.45, 7) is 0.686. The van der Waals surface area contributed by atoms with Crippen molar-refractivity contribution in [2.24, 2.45) is 5.92 Å². The molecule has 1 aliphatic rings. The Morgan fingerprint density at radius 2 is 2.21 bits per heavy atom. The largest absolute Gasteiger partial charge is 0.465 e. The highest BCUT2D eigenvalue weighted by Crippen LogP contribution is 2.18. The van der Waals surface area contributed by atoms with Crippen LogP contribution in [0, 0.1) is 5.92 Å². The fraction of sp³-hybridized carbons (Fsp3) is 0.750. The monoisotopic (exact) mass is 202 g/mol. The lowest BCUT2D eigenvalue weighted by Gasteiger charge is -2.18. The van der Waals surface area contributed by atoms with Crippen molar-refractivity contribution < 1.29 is 19.5 Å². The lowest BCUT2D eigenvalue weighted by molar-refractivity contribution is -0.172. The summed E-state index contributed by atoms with van der Waals surface area (Å²) >= 11 is 0. The van der Waals surface area contributed by atoms with Crippen LogP contribution in [0.15, 0.2) is 0 Å². The van der Waals surface area contributed by atoms with Gasteiger partial charge in [0.05, 0.1) is 13.0 Å². The first-order valence-electron chi connectivity index (χ1n) is 4.35. The molecule has 1 saturated heterocycles. The number of rotatable bonds is 2. The Bertz CT molecular complexity index is 243. The average molecular weight is 202 g/mol. The standard InChI is InChI=1S/C8H14N2O4/c1-9(14-2)7(11)6-3-4-10(5-6)8(12)13/h6H,3-5H2,1-2H3,(H,12,13)/t6-/m0/s1. The Labute approximate surface area is 82.0 Å². The van der Waals surface area contributed by atoms with Gasteiger partial charge in [-0.15, -0.1) is 0 Å². The van der Waals surface area contributed by atoms with Crippen molar-refractivity contribution in [3.8, 4) is 0 Å². The van der Waals surface area contributed by atoms with E-state index in [-0.39, 0.29) is 18.4 Å². The molecule has 0 aromatic carbocycles. The van der Waals surface area contributed by atoms with E-state index in [1.165, 1.54) is 19.1 Å². The Hall–Kier alpha value is -1.30. The molecule has 6 heteroatoms. The summed E-state index contributed by atoms with van der Waals surface area (Å²) in [7, 11) is 2.92. The second kappa shape index (κ2) is 4.28. The highest BCUT2D eigenvalue weighted by Gasteiger charge is 2.32. The molecule has 2 amide bonds. The van der Waals surface area contributed by atoms with Gasteiger partial charge in [0.2, 0.25) is 0 Å². The Kier molecular flexibility index (Phi) is 3.29. The van der Waals surface area contributed by atoms with Gasteiger partial charge in [0.15, 0.2) is 0 Å². The summed E-state index contributed by atoms with van der Waals surface area (Å²) < 4.78 is 0. The van der Waals surface area contributed by atoms with Crippen molar-refractivity contribution in [2.45, 2.75) is 6.42 Å². The van der Waals surface area contributed by atoms with Crippen LogP contribution < -0.4 is 0 Å². The minimum atomic E-state index is -0.972. The molecule has 0 spiro atoms. The van der Waals surface area contributed by atoms with E-state index in [2.05, 4.69) is 0 Å². The lowest BCUT2D eigenvalue weighted by atomic mass is 10.1. The minimum absolute atomic E-state index is 0.170. The van der Waals surface area contributed by atoms with Gasteiger partial charge in [0, 0.05) is 20.1 Å². The van der Waals surface area contributed by atoms with Crippen molar-refractivity contribution in [3.05, 3.63) is 0 Å². The second-order valence-electron chi connectivity index (χ2n) is 3.23. The number of hydroxylamine groups is 2. The smallest absolute Gasteiger partial charge is 0.407 e. The highest BCUT2D eigenvalue weighted by molar-refractivity contribution is 5.79.